The Bertz CT molecular complexity index is 1330. The third kappa shape index (κ3) is 4.43. The topological polar surface area (TPSA) is 94.3 Å². The van der Waals surface area contributed by atoms with E-state index >= 15 is 0 Å². The number of nitrogens with zero attached hydrogens (tertiary/aromatic N) is 2. The Morgan fingerprint density at radius 3 is 2.24 bits per heavy atom. The molecule has 3 aromatic carbocycles. The van der Waals surface area contributed by atoms with Crippen LogP contribution in [0.5, 0.6) is 0 Å². The number of carbonyl (C=O) groups is 2. The van der Waals surface area contributed by atoms with E-state index < -0.39 is 5.91 Å². The van der Waals surface area contributed by atoms with E-state index in [0.717, 1.165) is 11.1 Å². The number of aliphatic imine (C=N–C) groups is 1. The summed E-state index contributed by atoms with van der Waals surface area (Å²) in [6.07, 6.45) is 0. The number of nitrogens with one attached hydrogen (secondary N) is 2. The van der Waals surface area contributed by atoms with Gasteiger partial charge in [-0.05, 0) is 31.0 Å². The minimum absolute atomic E-state index is 0.106. The van der Waals surface area contributed by atoms with Gasteiger partial charge in [0.05, 0.1) is 11.7 Å². The number of hydrogen-bond donors (Lipinski definition) is 2. The van der Waals surface area contributed by atoms with Crippen molar-refractivity contribution in [2.75, 3.05) is 0 Å². The summed E-state index contributed by atoms with van der Waals surface area (Å²) in [5.74, 6) is -0.511. The third-order valence-electron chi connectivity index (χ3n) is 5.51. The molecule has 0 bridgehead atoms. The maximum atomic E-state index is 13.0. The molecule has 6 nitrogen and oxygen atoms in total. The fourth-order valence-corrected chi connectivity index (χ4v) is 3.72. The lowest BCUT2D eigenvalue weighted by atomic mass is 10.0. The van der Waals surface area contributed by atoms with Crippen LogP contribution in [0.1, 0.15) is 45.6 Å². The van der Waals surface area contributed by atoms with Crippen LogP contribution in [-0.4, -0.2) is 17.6 Å². The molecule has 2 N–H and O–H groups in total. The molecular formula is C27H22N4O2. The van der Waals surface area contributed by atoms with Crippen molar-refractivity contribution in [3.8, 4) is 6.07 Å². The maximum Gasteiger partial charge on any atom is 0.264 e. The van der Waals surface area contributed by atoms with Gasteiger partial charge in [0.1, 0.15) is 17.5 Å². The van der Waals surface area contributed by atoms with Crippen molar-refractivity contribution < 1.29 is 9.59 Å². The molecule has 3 aromatic rings. The zero-order valence-corrected chi connectivity index (χ0v) is 18.3. The van der Waals surface area contributed by atoms with Crippen molar-refractivity contribution >= 4 is 23.3 Å². The van der Waals surface area contributed by atoms with E-state index in [2.05, 4.69) is 15.6 Å². The molecule has 4 rings (SSSR count). The summed E-state index contributed by atoms with van der Waals surface area (Å²) in [7, 11) is 0. The van der Waals surface area contributed by atoms with E-state index in [9.17, 15) is 14.9 Å². The minimum Gasteiger partial charge on any atom is -0.345 e. The fourth-order valence-electron chi connectivity index (χ4n) is 3.72. The maximum absolute atomic E-state index is 13.0. The summed E-state index contributed by atoms with van der Waals surface area (Å²) in [5, 5.41) is 15.5. The van der Waals surface area contributed by atoms with Gasteiger partial charge in [0.25, 0.3) is 11.8 Å². The van der Waals surface area contributed by atoms with Crippen LogP contribution in [0.4, 0.5) is 0 Å². The van der Waals surface area contributed by atoms with E-state index in [4.69, 9.17) is 0 Å². The SMILES string of the molecule is Cc1ccccc1C(=O)NC1=N/C(=C(\C#N)C(=O)N[C@@H](C)c2ccccc2)c2ccccc21. The highest BCUT2D eigenvalue weighted by atomic mass is 16.2. The number of amidine groups is 1. The summed E-state index contributed by atoms with van der Waals surface area (Å²) >= 11 is 0. The average molecular weight is 434 g/mol. The zero-order chi connectivity index (χ0) is 23.4. The molecule has 0 saturated heterocycles. The van der Waals surface area contributed by atoms with E-state index in [1.807, 2.05) is 68.4 Å². The van der Waals surface area contributed by atoms with Gasteiger partial charge in [0.15, 0.2) is 0 Å². The van der Waals surface area contributed by atoms with Crippen LogP contribution in [-0.2, 0) is 4.79 Å². The molecule has 6 heteroatoms. The Hall–Kier alpha value is -4.50. The number of nitriles is 1. The van der Waals surface area contributed by atoms with E-state index in [0.29, 0.717) is 22.5 Å². The third-order valence-corrected chi connectivity index (χ3v) is 5.51. The normalized spacial score (nSPS) is 14.4. The predicted octanol–water partition coefficient (Wildman–Crippen LogP) is 4.30. The number of amides is 2. The summed E-state index contributed by atoms with van der Waals surface area (Å²) in [6.45, 7) is 3.71. The number of carbonyl (C=O) groups excluding carboxylic acids is 2. The van der Waals surface area contributed by atoms with Crippen molar-refractivity contribution in [2.45, 2.75) is 19.9 Å². The Morgan fingerprint density at radius 2 is 1.55 bits per heavy atom. The van der Waals surface area contributed by atoms with Crippen molar-refractivity contribution in [3.05, 3.63) is 112 Å². The van der Waals surface area contributed by atoms with Crippen LogP contribution in [0.2, 0.25) is 0 Å². The van der Waals surface area contributed by atoms with Gasteiger partial charge in [-0.3, -0.25) is 9.59 Å². The fraction of sp³-hybridized carbons (Fsp3) is 0.111. The second-order valence-corrected chi connectivity index (χ2v) is 7.72. The van der Waals surface area contributed by atoms with Gasteiger partial charge in [-0.2, -0.15) is 5.26 Å². The summed E-state index contributed by atoms with van der Waals surface area (Å²) in [6, 6.07) is 25.7. The molecule has 33 heavy (non-hydrogen) atoms. The smallest absolute Gasteiger partial charge is 0.264 e. The average Bonchev–Trinajstić information content (AvgIpc) is 3.18. The van der Waals surface area contributed by atoms with Crippen LogP contribution < -0.4 is 10.6 Å². The quantitative estimate of drug-likeness (QED) is 0.474. The second kappa shape index (κ2) is 9.33. The van der Waals surface area contributed by atoms with Crippen LogP contribution in [0.25, 0.3) is 5.70 Å². The highest BCUT2D eigenvalue weighted by molar-refractivity contribution is 6.20. The highest BCUT2D eigenvalue weighted by Crippen LogP contribution is 2.31. The molecule has 0 fully saturated rings. The molecule has 0 aliphatic carbocycles. The first kappa shape index (κ1) is 21.7. The summed E-state index contributed by atoms with van der Waals surface area (Å²) < 4.78 is 0. The largest absolute Gasteiger partial charge is 0.345 e. The number of benzene rings is 3. The molecule has 1 aliphatic heterocycles. The lowest BCUT2D eigenvalue weighted by Crippen LogP contribution is -2.30. The van der Waals surface area contributed by atoms with E-state index in [-0.39, 0.29) is 23.2 Å². The Morgan fingerprint density at radius 1 is 0.909 bits per heavy atom. The first-order valence-corrected chi connectivity index (χ1v) is 10.5. The molecule has 2 amide bonds. The van der Waals surface area contributed by atoms with Gasteiger partial charge < -0.3 is 10.6 Å². The molecule has 0 radical (unpaired) electrons. The summed E-state index contributed by atoms with van der Waals surface area (Å²) in [4.78, 5) is 30.4. The molecule has 1 atom stereocenters. The van der Waals surface area contributed by atoms with Crippen LogP contribution in [0.3, 0.4) is 0 Å². The number of rotatable bonds is 4. The number of fused-ring (bicyclic) bond motifs is 1. The van der Waals surface area contributed by atoms with Gasteiger partial charge in [-0.15, -0.1) is 0 Å². The van der Waals surface area contributed by atoms with Crippen LogP contribution in [0.15, 0.2) is 89.4 Å². The van der Waals surface area contributed by atoms with Gasteiger partial charge in [0, 0.05) is 16.7 Å². The van der Waals surface area contributed by atoms with Crippen LogP contribution >= 0.6 is 0 Å². The van der Waals surface area contributed by atoms with Crippen LogP contribution in [0, 0.1) is 18.3 Å². The lowest BCUT2D eigenvalue weighted by Gasteiger charge is -2.14. The van der Waals surface area contributed by atoms with E-state index in [1.165, 1.54) is 0 Å². The van der Waals surface area contributed by atoms with Gasteiger partial charge in [-0.25, -0.2) is 4.99 Å². The number of hydrogen-bond acceptors (Lipinski definition) is 4. The second-order valence-electron chi connectivity index (χ2n) is 7.72. The van der Waals surface area contributed by atoms with Crippen molar-refractivity contribution in [3.63, 3.8) is 0 Å². The molecular weight excluding hydrogens is 412 g/mol. The molecule has 0 spiro atoms. The lowest BCUT2D eigenvalue weighted by molar-refractivity contribution is -0.117. The molecule has 0 unspecified atom stereocenters. The van der Waals surface area contributed by atoms with Crippen molar-refractivity contribution in [1.29, 1.82) is 5.26 Å². The Kier molecular flexibility index (Phi) is 6.14. The van der Waals surface area contributed by atoms with Crippen molar-refractivity contribution in [2.24, 2.45) is 4.99 Å². The first-order chi connectivity index (χ1) is 16.0. The Labute approximate surface area is 192 Å². The molecule has 0 aromatic heterocycles. The zero-order valence-electron chi connectivity index (χ0n) is 18.3. The minimum atomic E-state index is -0.520. The molecule has 1 heterocycles. The first-order valence-electron chi connectivity index (χ1n) is 10.5. The summed E-state index contributed by atoms with van der Waals surface area (Å²) in [5.41, 5.74) is 3.71. The molecule has 162 valence electrons. The monoisotopic (exact) mass is 434 g/mol. The molecule has 0 saturated carbocycles. The van der Waals surface area contributed by atoms with Crippen molar-refractivity contribution in [1.82, 2.24) is 10.6 Å². The molecule has 1 aliphatic rings. The predicted molar refractivity (Wildman–Crippen MR) is 127 cm³/mol. The van der Waals surface area contributed by atoms with Gasteiger partial charge >= 0.3 is 0 Å². The van der Waals surface area contributed by atoms with Gasteiger partial charge in [0.2, 0.25) is 0 Å². The standard InChI is InChI=1S/C27H22N4O2/c1-17-10-6-7-13-20(17)26(32)31-25-22-15-9-8-14-21(22)24(30-25)23(16-28)27(33)29-18(2)19-11-4-3-5-12-19/h3-15,18H,1-2H3,(H,29,33)(H,30,31,32)/b24-23+/t18-/m0/s1. The highest BCUT2D eigenvalue weighted by Gasteiger charge is 2.28. The van der Waals surface area contributed by atoms with Gasteiger partial charge in [-0.1, -0.05) is 72.8 Å². The Balaban J connectivity index is 1.67. The number of aryl methyl sites for hydroxylation is 1. The van der Waals surface area contributed by atoms with E-state index in [1.54, 1.807) is 30.3 Å².